The van der Waals surface area contributed by atoms with E-state index in [-0.39, 0.29) is 5.28 Å². The molecule has 0 atom stereocenters. The summed E-state index contributed by atoms with van der Waals surface area (Å²) in [6.07, 6.45) is 0. The van der Waals surface area contributed by atoms with Crippen molar-refractivity contribution in [2.45, 2.75) is 6.92 Å². The highest BCUT2D eigenvalue weighted by Crippen LogP contribution is 2.28. The summed E-state index contributed by atoms with van der Waals surface area (Å²) in [5, 5.41) is 4.63. The zero-order valence-electron chi connectivity index (χ0n) is 8.31. The average molecular weight is 242 g/mol. The lowest BCUT2D eigenvalue weighted by Gasteiger charge is -2.07. The molecule has 2 aromatic rings. The second-order valence-corrected chi connectivity index (χ2v) is 3.98. The molecule has 0 aliphatic carbocycles. The zero-order chi connectivity index (χ0) is 11.0. The Kier molecular flexibility index (Phi) is 2.67. The highest BCUT2D eigenvalue weighted by atomic mass is 35.5. The van der Waals surface area contributed by atoms with Gasteiger partial charge in [0.1, 0.15) is 5.82 Å². The molecule has 15 heavy (non-hydrogen) atoms. The minimum Gasteiger partial charge on any atom is -0.372 e. The van der Waals surface area contributed by atoms with Crippen LogP contribution >= 0.6 is 23.2 Å². The van der Waals surface area contributed by atoms with Gasteiger partial charge in [0.2, 0.25) is 5.28 Å². The van der Waals surface area contributed by atoms with Gasteiger partial charge in [-0.3, -0.25) is 0 Å². The average Bonchev–Trinajstić information content (AvgIpc) is 2.18. The van der Waals surface area contributed by atoms with E-state index in [1.54, 1.807) is 7.05 Å². The van der Waals surface area contributed by atoms with Crippen LogP contribution in [0.4, 0.5) is 5.82 Å². The molecule has 0 saturated heterocycles. The number of benzene rings is 1. The molecule has 0 aliphatic rings. The Hall–Kier alpha value is -1.06. The second kappa shape index (κ2) is 3.83. The summed E-state index contributed by atoms with van der Waals surface area (Å²) in [7, 11) is 1.79. The fourth-order valence-corrected chi connectivity index (χ4v) is 1.97. The number of hydrogen-bond acceptors (Lipinski definition) is 3. The topological polar surface area (TPSA) is 37.8 Å². The third-order valence-corrected chi connectivity index (χ3v) is 2.56. The van der Waals surface area contributed by atoms with E-state index in [4.69, 9.17) is 23.2 Å². The van der Waals surface area contributed by atoms with Crippen molar-refractivity contribution < 1.29 is 0 Å². The largest absolute Gasteiger partial charge is 0.372 e. The van der Waals surface area contributed by atoms with Crippen molar-refractivity contribution in [2.75, 3.05) is 12.4 Å². The van der Waals surface area contributed by atoms with Crippen LogP contribution in [0.15, 0.2) is 12.1 Å². The zero-order valence-corrected chi connectivity index (χ0v) is 9.82. The molecule has 1 N–H and O–H groups in total. The van der Waals surface area contributed by atoms with Crippen molar-refractivity contribution in [2.24, 2.45) is 0 Å². The molecule has 0 spiro atoms. The summed E-state index contributed by atoms with van der Waals surface area (Å²) in [6, 6.07) is 3.83. The first-order valence-electron chi connectivity index (χ1n) is 4.43. The summed E-state index contributed by atoms with van der Waals surface area (Å²) in [6.45, 7) is 1.97. The Morgan fingerprint density at radius 1 is 1.20 bits per heavy atom. The maximum atomic E-state index is 6.09. The molecule has 1 heterocycles. The first kappa shape index (κ1) is 10.5. The molecule has 0 amide bonds. The molecule has 1 aromatic heterocycles. The maximum absolute atomic E-state index is 6.09. The Balaban J connectivity index is 2.89. The third-order valence-electron chi connectivity index (χ3n) is 2.11. The number of nitrogens with zero attached hydrogens (tertiary/aromatic N) is 2. The second-order valence-electron chi connectivity index (χ2n) is 3.23. The van der Waals surface area contributed by atoms with Crippen molar-refractivity contribution >= 4 is 39.9 Å². The Labute approximate surface area is 97.4 Å². The van der Waals surface area contributed by atoms with Gasteiger partial charge in [-0.05, 0) is 36.2 Å². The molecule has 0 saturated carbocycles. The maximum Gasteiger partial charge on any atom is 0.224 e. The lowest BCUT2D eigenvalue weighted by molar-refractivity contribution is 1.21. The highest BCUT2D eigenvalue weighted by molar-refractivity contribution is 6.36. The molecule has 0 unspecified atom stereocenters. The normalized spacial score (nSPS) is 10.7. The number of anilines is 1. The number of rotatable bonds is 1. The molecule has 78 valence electrons. The van der Waals surface area contributed by atoms with Crippen LogP contribution in [0.5, 0.6) is 0 Å². The SMILES string of the molecule is CNc1nc(Cl)nc2c(Cl)cc(C)cc12. The van der Waals surface area contributed by atoms with Crippen molar-refractivity contribution in [1.29, 1.82) is 0 Å². The van der Waals surface area contributed by atoms with Gasteiger partial charge in [0.05, 0.1) is 10.5 Å². The van der Waals surface area contributed by atoms with E-state index >= 15 is 0 Å². The smallest absolute Gasteiger partial charge is 0.224 e. The van der Waals surface area contributed by atoms with Crippen molar-refractivity contribution in [1.82, 2.24) is 9.97 Å². The summed E-state index contributed by atoms with van der Waals surface area (Å²) in [4.78, 5) is 8.19. The van der Waals surface area contributed by atoms with E-state index in [1.165, 1.54) is 0 Å². The fraction of sp³-hybridized carbons (Fsp3) is 0.200. The monoisotopic (exact) mass is 241 g/mol. The van der Waals surface area contributed by atoms with Crippen LogP contribution in [-0.4, -0.2) is 17.0 Å². The van der Waals surface area contributed by atoms with Crippen LogP contribution in [0.25, 0.3) is 10.9 Å². The van der Waals surface area contributed by atoms with Crippen molar-refractivity contribution in [3.8, 4) is 0 Å². The van der Waals surface area contributed by atoms with E-state index < -0.39 is 0 Å². The Bertz CT molecular complexity index is 526. The van der Waals surface area contributed by atoms with E-state index in [0.29, 0.717) is 16.4 Å². The third kappa shape index (κ3) is 1.85. The standard InChI is InChI=1S/C10H9Cl2N3/c1-5-3-6-8(7(11)4-5)14-10(12)15-9(6)13-2/h3-4H,1-2H3,(H,13,14,15). The first-order valence-corrected chi connectivity index (χ1v) is 5.18. The minimum atomic E-state index is 0.192. The summed E-state index contributed by atoms with van der Waals surface area (Å²) < 4.78 is 0. The van der Waals surface area contributed by atoms with Gasteiger partial charge in [-0.2, -0.15) is 0 Å². The summed E-state index contributed by atoms with van der Waals surface area (Å²) in [5.41, 5.74) is 1.74. The Morgan fingerprint density at radius 2 is 1.93 bits per heavy atom. The summed E-state index contributed by atoms with van der Waals surface area (Å²) in [5.74, 6) is 0.690. The van der Waals surface area contributed by atoms with Gasteiger partial charge in [0.15, 0.2) is 0 Å². The summed E-state index contributed by atoms with van der Waals surface area (Å²) >= 11 is 11.9. The molecule has 3 nitrogen and oxygen atoms in total. The molecule has 0 bridgehead atoms. The van der Waals surface area contributed by atoms with Gasteiger partial charge in [0, 0.05) is 12.4 Å². The van der Waals surface area contributed by atoms with Crippen LogP contribution in [0.1, 0.15) is 5.56 Å². The van der Waals surface area contributed by atoms with Gasteiger partial charge >= 0.3 is 0 Å². The number of halogens is 2. The molecule has 1 aromatic carbocycles. The molecule has 5 heteroatoms. The number of aryl methyl sites for hydroxylation is 1. The number of fused-ring (bicyclic) bond motifs is 1. The van der Waals surface area contributed by atoms with E-state index in [2.05, 4.69) is 15.3 Å². The predicted octanol–water partition coefficient (Wildman–Crippen LogP) is 3.29. The minimum absolute atomic E-state index is 0.192. The Morgan fingerprint density at radius 3 is 2.60 bits per heavy atom. The van der Waals surface area contributed by atoms with Gasteiger partial charge in [-0.1, -0.05) is 11.6 Å². The van der Waals surface area contributed by atoms with Gasteiger partial charge in [0.25, 0.3) is 0 Å². The number of nitrogens with one attached hydrogen (secondary N) is 1. The number of hydrogen-bond donors (Lipinski definition) is 1. The fourth-order valence-electron chi connectivity index (χ4n) is 1.49. The van der Waals surface area contributed by atoms with Crippen LogP contribution in [0.2, 0.25) is 10.3 Å². The van der Waals surface area contributed by atoms with Gasteiger partial charge in [-0.25, -0.2) is 9.97 Å². The molecule has 0 fully saturated rings. The molecular weight excluding hydrogens is 233 g/mol. The quantitative estimate of drug-likeness (QED) is 0.779. The molecule has 2 rings (SSSR count). The van der Waals surface area contributed by atoms with Crippen LogP contribution in [0.3, 0.4) is 0 Å². The van der Waals surface area contributed by atoms with Crippen LogP contribution in [0, 0.1) is 6.92 Å². The molecule has 0 aliphatic heterocycles. The first-order chi connectivity index (χ1) is 7.11. The van der Waals surface area contributed by atoms with Crippen LogP contribution < -0.4 is 5.32 Å². The van der Waals surface area contributed by atoms with E-state index in [0.717, 1.165) is 10.9 Å². The van der Waals surface area contributed by atoms with Crippen LogP contribution in [-0.2, 0) is 0 Å². The van der Waals surface area contributed by atoms with E-state index in [9.17, 15) is 0 Å². The number of aromatic nitrogens is 2. The predicted molar refractivity (Wildman–Crippen MR) is 63.8 cm³/mol. The van der Waals surface area contributed by atoms with E-state index in [1.807, 2.05) is 19.1 Å². The lowest BCUT2D eigenvalue weighted by atomic mass is 10.1. The van der Waals surface area contributed by atoms with Gasteiger partial charge in [-0.15, -0.1) is 0 Å². The molecular formula is C10H9Cl2N3. The lowest BCUT2D eigenvalue weighted by Crippen LogP contribution is -1.97. The highest BCUT2D eigenvalue weighted by Gasteiger charge is 2.08. The van der Waals surface area contributed by atoms with Crippen molar-refractivity contribution in [3.63, 3.8) is 0 Å². The van der Waals surface area contributed by atoms with Crippen molar-refractivity contribution in [3.05, 3.63) is 28.0 Å². The van der Waals surface area contributed by atoms with Gasteiger partial charge < -0.3 is 5.32 Å². The molecule has 0 radical (unpaired) electrons.